The second-order valence-electron chi connectivity index (χ2n) is 4.50. The number of carbonyl (C=O) groups is 1. The van der Waals surface area contributed by atoms with E-state index >= 15 is 0 Å². The van der Waals surface area contributed by atoms with E-state index in [4.69, 9.17) is 9.84 Å². The lowest BCUT2D eigenvalue weighted by Crippen LogP contribution is -2.33. The van der Waals surface area contributed by atoms with Crippen molar-refractivity contribution in [2.75, 3.05) is 6.61 Å². The molecule has 3 rings (SSSR count). The SMILES string of the molecule is O=C1NC(S)=Ic2c1ccn2[C@@H]1O[C@H](CO)C(O)C1O. The van der Waals surface area contributed by atoms with E-state index < -0.39 is 45.3 Å². The minimum absolute atomic E-state index is 0.235. The number of nitrogens with one attached hydrogen (secondary N) is 1. The number of hydrogen-bond donors (Lipinski definition) is 5. The first kappa shape index (κ1) is 14.5. The fourth-order valence-corrected chi connectivity index (χ4v) is 5.20. The number of fused-ring (bicyclic) bond motifs is 1. The number of carbonyl (C=O) groups excluding carboxylic acids is 1. The summed E-state index contributed by atoms with van der Waals surface area (Å²) in [5.74, 6) is -0.235. The van der Waals surface area contributed by atoms with Gasteiger partial charge in [0.1, 0.15) is 21.3 Å². The number of amides is 1. The summed E-state index contributed by atoms with van der Waals surface area (Å²) in [6, 6.07) is 1.65. The Kier molecular flexibility index (Phi) is 3.90. The Hall–Kier alpha value is -0.460. The molecule has 2 aliphatic heterocycles. The van der Waals surface area contributed by atoms with Crippen LogP contribution in [0.15, 0.2) is 12.3 Å². The molecule has 0 saturated carbocycles. The van der Waals surface area contributed by atoms with E-state index in [2.05, 4.69) is 17.9 Å². The Morgan fingerprint density at radius 3 is 2.85 bits per heavy atom. The molecule has 1 aromatic heterocycles. The Balaban J connectivity index is 2.00. The summed E-state index contributed by atoms with van der Waals surface area (Å²) in [7, 11) is 0. The van der Waals surface area contributed by atoms with Crippen LogP contribution in [0.4, 0.5) is 0 Å². The molecule has 4 N–H and O–H groups in total. The van der Waals surface area contributed by atoms with Crippen LogP contribution in [-0.2, 0) is 4.74 Å². The highest BCUT2D eigenvalue weighted by Crippen LogP contribution is 2.34. The molecule has 110 valence electrons. The molecule has 1 aromatic rings. The Morgan fingerprint density at radius 1 is 1.45 bits per heavy atom. The molecule has 1 amide bonds. The topological polar surface area (TPSA) is 104 Å². The first-order valence-electron chi connectivity index (χ1n) is 5.88. The lowest BCUT2D eigenvalue weighted by Gasteiger charge is -2.20. The minimum atomic E-state index is -1.15. The summed E-state index contributed by atoms with van der Waals surface area (Å²) in [5, 5.41) is 31.6. The van der Waals surface area contributed by atoms with Gasteiger partial charge >= 0.3 is 0 Å². The summed E-state index contributed by atoms with van der Waals surface area (Å²) >= 11 is 3.54. The van der Waals surface area contributed by atoms with Gasteiger partial charge in [-0.2, -0.15) is 0 Å². The molecule has 2 aliphatic rings. The third-order valence-corrected chi connectivity index (χ3v) is 6.39. The van der Waals surface area contributed by atoms with E-state index in [1.165, 1.54) is 0 Å². The summed E-state index contributed by atoms with van der Waals surface area (Å²) in [6.45, 7) is -0.377. The van der Waals surface area contributed by atoms with Gasteiger partial charge in [-0.3, -0.25) is 4.79 Å². The summed E-state index contributed by atoms with van der Waals surface area (Å²) in [4.78, 5) is 11.8. The zero-order valence-corrected chi connectivity index (χ0v) is 13.2. The minimum Gasteiger partial charge on any atom is -0.394 e. The Bertz CT molecular complexity index is 589. The normalized spacial score (nSPS) is 33.2. The van der Waals surface area contributed by atoms with Gasteiger partial charge in [0, 0.05) is 6.20 Å². The van der Waals surface area contributed by atoms with Crippen molar-refractivity contribution in [2.45, 2.75) is 24.5 Å². The maximum atomic E-state index is 11.8. The second-order valence-corrected chi connectivity index (χ2v) is 8.44. The Morgan fingerprint density at radius 2 is 2.20 bits per heavy atom. The fourth-order valence-electron chi connectivity index (χ4n) is 2.27. The predicted octanol–water partition coefficient (Wildman–Crippen LogP) is -1.000. The molecular weight excluding hydrogens is 399 g/mol. The molecule has 0 spiro atoms. The molecule has 0 bridgehead atoms. The van der Waals surface area contributed by atoms with E-state index in [1.807, 2.05) is 0 Å². The third-order valence-electron chi connectivity index (χ3n) is 3.28. The zero-order valence-electron chi connectivity index (χ0n) is 10.1. The first-order valence-corrected chi connectivity index (χ1v) is 8.48. The number of thiol groups is 1. The third kappa shape index (κ3) is 2.22. The van der Waals surface area contributed by atoms with E-state index in [0.29, 0.717) is 8.53 Å². The molecule has 20 heavy (non-hydrogen) atoms. The van der Waals surface area contributed by atoms with Gasteiger partial charge in [-0.15, -0.1) is 12.6 Å². The standard InChI is InChI=1S/C11H13IN2O5S/c15-3-5-6(16)7(17)10(19-5)14-2-1-4-8(14)12-11(20)13-9(4)18/h1-2,5-7,10,15-17H,3H2,(H2,13,18,20)/t5-,6?,7?,10-/m1/s1. The van der Waals surface area contributed by atoms with Crippen molar-refractivity contribution in [3.63, 3.8) is 0 Å². The van der Waals surface area contributed by atoms with E-state index in [-0.39, 0.29) is 12.5 Å². The molecule has 1 saturated heterocycles. The number of nitrogens with zero attached hydrogens (tertiary/aromatic N) is 1. The van der Waals surface area contributed by atoms with Crippen LogP contribution in [-0.4, -0.2) is 53.7 Å². The molecule has 7 nitrogen and oxygen atoms in total. The maximum Gasteiger partial charge on any atom is 0.259 e. The number of halogens is 1. The summed E-state index contributed by atoms with van der Waals surface area (Å²) in [5.41, 5.74) is 0.535. The molecule has 3 heterocycles. The lowest BCUT2D eigenvalue weighted by molar-refractivity contribution is -0.0537. The van der Waals surface area contributed by atoms with E-state index in [9.17, 15) is 15.0 Å². The number of aromatic nitrogens is 1. The average molecular weight is 412 g/mol. The second kappa shape index (κ2) is 5.39. The molecule has 9 heteroatoms. The predicted molar refractivity (Wildman–Crippen MR) is 81.6 cm³/mol. The maximum absolute atomic E-state index is 11.8. The van der Waals surface area contributed by atoms with Crippen LogP contribution in [0.2, 0.25) is 0 Å². The number of aliphatic hydroxyl groups excluding tert-OH is 3. The van der Waals surface area contributed by atoms with Gasteiger partial charge in [-0.25, -0.2) is 0 Å². The molecule has 1 fully saturated rings. The number of aliphatic hydroxyl groups is 3. The highest BCUT2D eigenvalue weighted by atomic mass is 127. The van der Waals surface area contributed by atoms with Crippen LogP contribution >= 0.6 is 33.4 Å². The Labute approximate surface area is 129 Å². The van der Waals surface area contributed by atoms with E-state index in [0.717, 1.165) is 3.70 Å². The van der Waals surface area contributed by atoms with Crippen LogP contribution < -0.4 is 5.32 Å². The van der Waals surface area contributed by atoms with Gasteiger partial charge < -0.3 is 29.9 Å². The van der Waals surface area contributed by atoms with Crippen molar-refractivity contribution in [2.24, 2.45) is 0 Å². The average Bonchev–Trinajstić information content (AvgIpc) is 2.93. The van der Waals surface area contributed by atoms with Crippen LogP contribution in [0.5, 0.6) is 0 Å². The largest absolute Gasteiger partial charge is 0.394 e. The summed E-state index contributed by atoms with van der Waals surface area (Å²) in [6.07, 6.45) is -2.30. The molecule has 4 atom stereocenters. The molecule has 0 radical (unpaired) electrons. The van der Waals surface area contributed by atoms with Gasteiger partial charge in [0.05, 0.1) is 15.9 Å². The van der Waals surface area contributed by atoms with Crippen molar-refractivity contribution in [3.8, 4) is 0 Å². The van der Waals surface area contributed by atoms with Crippen LogP contribution in [0, 0.1) is 3.70 Å². The highest BCUT2D eigenvalue weighted by molar-refractivity contribution is 14.2. The molecule has 0 aliphatic carbocycles. The van der Waals surface area contributed by atoms with Gasteiger partial charge in [0.25, 0.3) is 5.91 Å². The van der Waals surface area contributed by atoms with Crippen molar-refractivity contribution < 1.29 is 24.9 Å². The van der Waals surface area contributed by atoms with Gasteiger partial charge in [-0.05, 0) is 26.8 Å². The lowest BCUT2D eigenvalue weighted by atomic mass is 10.1. The van der Waals surface area contributed by atoms with Crippen molar-refractivity contribution >= 4 is 42.2 Å². The van der Waals surface area contributed by atoms with Crippen LogP contribution in [0.3, 0.4) is 0 Å². The quantitative estimate of drug-likeness (QED) is 0.317. The van der Waals surface area contributed by atoms with Crippen molar-refractivity contribution in [1.29, 1.82) is 0 Å². The number of rotatable bonds is 2. The van der Waals surface area contributed by atoms with Crippen LogP contribution in [0.25, 0.3) is 0 Å². The molecular formula is C11H13IN2O5S. The molecule has 2 unspecified atom stereocenters. The van der Waals surface area contributed by atoms with Gasteiger partial charge in [0.15, 0.2) is 6.23 Å². The number of hydrogen-bond acceptors (Lipinski definition) is 6. The van der Waals surface area contributed by atoms with Gasteiger partial charge in [0.2, 0.25) is 0 Å². The first-order chi connectivity index (χ1) is 9.52. The number of ether oxygens (including phenoxy) is 1. The monoisotopic (exact) mass is 412 g/mol. The van der Waals surface area contributed by atoms with E-state index in [1.54, 1.807) is 16.8 Å². The van der Waals surface area contributed by atoms with Crippen LogP contribution in [0.1, 0.15) is 16.6 Å². The summed E-state index contributed by atoms with van der Waals surface area (Å²) < 4.78 is 8.52. The van der Waals surface area contributed by atoms with Crippen molar-refractivity contribution in [3.05, 3.63) is 21.5 Å². The van der Waals surface area contributed by atoms with Crippen molar-refractivity contribution in [1.82, 2.24) is 9.88 Å². The zero-order chi connectivity index (χ0) is 14.4. The highest BCUT2D eigenvalue weighted by Gasteiger charge is 2.44. The molecule has 0 aromatic carbocycles. The smallest absolute Gasteiger partial charge is 0.259 e. The van der Waals surface area contributed by atoms with Gasteiger partial charge in [-0.1, -0.05) is 0 Å². The fraction of sp³-hybridized carbons (Fsp3) is 0.455.